The fourth-order valence-corrected chi connectivity index (χ4v) is 1.58. The number of hydrogen-bond acceptors (Lipinski definition) is 3. The van der Waals surface area contributed by atoms with Crippen molar-refractivity contribution in [1.29, 1.82) is 0 Å². The number of carbonyl (C=O) groups is 1. The summed E-state index contributed by atoms with van der Waals surface area (Å²) in [7, 11) is 0. The molecule has 1 rings (SSSR count). The van der Waals surface area contributed by atoms with Gasteiger partial charge in [0.05, 0.1) is 0 Å². The number of carboxylic acid groups (broad SMARTS) is 1. The van der Waals surface area contributed by atoms with Crippen molar-refractivity contribution in [2.45, 2.75) is 38.8 Å². The molecule has 1 aromatic heterocycles. The number of hydrogen-bond donors (Lipinski definition) is 2. The fraction of sp³-hybridized carbons (Fsp3) is 0.600. The van der Waals surface area contributed by atoms with E-state index in [1.54, 1.807) is 30.8 Å². The van der Waals surface area contributed by atoms with E-state index < -0.39 is 17.5 Å². The van der Waals surface area contributed by atoms with Gasteiger partial charge in [-0.25, -0.2) is 4.79 Å². The highest BCUT2D eigenvalue weighted by molar-refractivity contribution is 5.74. The Hall–Kier alpha value is -1.36. The third kappa shape index (κ3) is 2.02. The highest BCUT2D eigenvalue weighted by Gasteiger charge is 2.37. The molecule has 0 spiro atoms. The Morgan fingerprint density at radius 2 is 2.27 bits per heavy atom. The van der Waals surface area contributed by atoms with Crippen LogP contribution in [0.25, 0.3) is 0 Å². The quantitative estimate of drug-likeness (QED) is 0.767. The predicted molar refractivity (Wildman–Crippen MR) is 54.6 cm³/mol. The molecule has 1 atom stereocenters. The van der Waals surface area contributed by atoms with Crippen molar-refractivity contribution in [1.82, 2.24) is 9.78 Å². The number of aromatic nitrogens is 2. The number of nitrogens with zero attached hydrogens (tertiary/aromatic N) is 2. The van der Waals surface area contributed by atoms with Gasteiger partial charge in [-0.1, -0.05) is 13.8 Å². The molecule has 0 amide bonds. The van der Waals surface area contributed by atoms with Gasteiger partial charge >= 0.3 is 5.97 Å². The minimum absolute atomic E-state index is 0.651. The largest absolute Gasteiger partial charge is 0.479 e. The van der Waals surface area contributed by atoms with Crippen molar-refractivity contribution in [3.8, 4) is 0 Å². The highest BCUT2D eigenvalue weighted by Crippen LogP contribution is 2.27. The van der Waals surface area contributed by atoms with Crippen LogP contribution in [0.15, 0.2) is 12.3 Å². The van der Waals surface area contributed by atoms with Crippen LogP contribution in [-0.4, -0.2) is 32.1 Å². The second-order valence-electron chi connectivity index (χ2n) is 3.99. The van der Waals surface area contributed by atoms with Gasteiger partial charge in [-0.15, -0.1) is 0 Å². The van der Waals surface area contributed by atoms with Gasteiger partial charge in [-0.05, 0) is 13.0 Å². The molecule has 1 heterocycles. The number of aryl methyl sites for hydroxylation is 1. The highest BCUT2D eigenvalue weighted by atomic mass is 16.4. The molecule has 0 aliphatic heterocycles. The van der Waals surface area contributed by atoms with Crippen LogP contribution in [0, 0.1) is 0 Å². The molecular formula is C10H16N2O3. The summed E-state index contributed by atoms with van der Waals surface area (Å²) in [5, 5.41) is 22.5. The van der Waals surface area contributed by atoms with E-state index in [0.29, 0.717) is 6.54 Å². The maximum atomic E-state index is 10.8. The summed E-state index contributed by atoms with van der Waals surface area (Å²) < 4.78 is 1.69. The van der Waals surface area contributed by atoms with E-state index in [9.17, 15) is 9.90 Å². The first-order valence-corrected chi connectivity index (χ1v) is 4.84. The zero-order valence-electron chi connectivity index (χ0n) is 9.14. The smallest absolute Gasteiger partial charge is 0.333 e. The van der Waals surface area contributed by atoms with Gasteiger partial charge in [0.15, 0.2) is 6.10 Å². The average Bonchev–Trinajstić information content (AvgIpc) is 2.64. The summed E-state index contributed by atoms with van der Waals surface area (Å²) in [6.07, 6.45) is 0.175. The maximum Gasteiger partial charge on any atom is 0.333 e. The Morgan fingerprint density at radius 3 is 2.73 bits per heavy atom. The minimum Gasteiger partial charge on any atom is -0.479 e. The molecule has 0 aliphatic carbocycles. The monoisotopic (exact) mass is 212 g/mol. The van der Waals surface area contributed by atoms with E-state index >= 15 is 0 Å². The molecule has 5 nitrogen and oxygen atoms in total. The lowest BCUT2D eigenvalue weighted by Crippen LogP contribution is -2.41. The number of rotatable bonds is 4. The van der Waals surface area contributed by atoms with Crippen LogP contribution in [0.4, 0.5) is 0 Å². The van der Waals surface area contributed by atoms with Gasteiger partial charge in [0, 0.05) is 23.9 Å². The van der Waals surface area contributed by atoms with Gasteiger partial charge in [-0.3, -0.25) is 4.68 Å². The lowest BCUT2D eigenvalue weighted by molar-refractivity contribution is -0.150. The summed E-state index contributed by atoms with van der Waals surface area (Å²) in [5.74, 6) is -1.22. The van der Waals surface area contributed by atoms with Gasteiger partial charge in [0.1, 0.15) is 0 Å². The maximum absolute atomic E-state index is 10.8. The van der Waals surface area contributed by atoms with Crippen molar-refractivity contribution >= 4 is 5.97 Å². The molecule has 15 heavy (non-hydrogen) atoms. The SMILES string of the molecule is CCn1nccc1C(C)(C)C(O)C(=O)O. The fourth-order valence-electron chi connectivity index (χ4n) is 1.58. The predicted octanol–water partition coefficient (Wildman–Crippen LogP) is 0.626. The van der Waals surface area contributed by atoms with Crippen LogP contribution in [0.2, 0.25) is 0 Å². The van der Waals surface area contributed by atoms with Crippen molar-refractivity contribution in [2.75, 3.05) is 0 Å². The minimum atomic E-state index is -1.43. The topological polar surface area (TPSA) is 75.3 Å². The van der Waals surface area contributed by atoms with Gasteiger partial charge < -0.3 is 10.2 Å². The van der Waals surface area contributed by atoms with E-state index in [0.717, 1.165) is 5.69 Å². The van der Waals surface area contributed by atoms with Crippen LogP contribution in [-0.2, 0) is 16.8 Å². The van der Waals surface area contributed by atoms with Crippen molar-refractivity contribution in [3.05, 3.63) is 18.0 Å². The Labute approximate surface area is 88.3 Å². The van der Waals surface area contributed by atoms with Crippen molar-refractivity contribution in [2.24, 2.45) is 0 Å². The van der Waals surface area contributed by atoms with Crippen LogP contribution >= 0.6 is 0 Å². The second-order valence-corrected chi connectivity index (χ2v) is 3.99. The van der Waals surface area contributed by atoms with Crippen LogP contribution in [0.1, 0.15) is 26.5 Å². The Bertz CT molecular complexity index is 357. The van der Waals surface area contributed by atoms with Crippen LogP contribution in [0.5, 0.6) is 0 Å². The molecule has 5 heteroatoms. The van der Waals surface area contributed by atoms with Gasteiger partial charge in [0.25, 0.3) is 0 Å². The number of aliphatic carboxylic acids is 1. The summed E-state index contributed by atoms with van der Waals surface area (Å²) in [5.41, 5.74) is -0.127. The number of carboxylic acids is 1. The Balaban J connectivity index is 3.10. The molecule has 0 bridgehead atoms. The summed E-state index contributed by atoms with van der Waals surface area (Å²) >= 11 is 0. The molecule has 84 valence electrons. The standard InChI is InChI=1S/C10H16N2O3/c1-4-12-7(5-6-11-12)10(2,3)8(13)9(14)15/h5-6,8,13H,4H2,1-3H3,(H,14,15). The second kappa shape index (κ2) is 4.02. The van der Waals surface area contributed by atoms with E-state index in [1.165, 1.54) is 0 Å². The molecule has 2 N–H and O–H groups in total. The summed E-state index contributed by atoms with van der Waals surface area (Å²) in [4.78, 5) is 10.8. The molecule has 0 fully saturated rings. The van der Waals surface area contributed by atoms with Crippen molar-refractivity contribution < 1.29 is 15.0 Å². The van der Waals surface area contributed by atoms with Crippen molar-refractivity contribution in [3.63, 3.8) is 0 Å². The molecule has 0 aromatic carbocycles. The van der Waals surface area contributed by atoms with Gasteiger partial charge in [-0.2, -0.15) is 5.10 Å². The molecule has 0 saturated carbocycles. The third-order valence-electron chi connectivity index (χ3n) is 2.59. The van der Waals surface area contributed by atoms with Crippen LogP contribution < -0.4 is 0 Å². The zero-order chi connectivity index (χ0) is 11.6. The summed E-state index contributed by atoms with van der Waals surface area (Å²) in [6.45, 7) is 5.95. The van der Waals surface area contributed by atoms with E-state index in [2.05, 4.69) is 5.10 Å². The Morgan fingerprint density at radius 1 is 1.67 bits per heavy atom. The number of aliphatic hydroxyl groups excluding tert-OH is 1. The first-order valence-electron chi connectivity index (χ1n) is 4.84. The van der Waals surface area contributed by atoms with E-state index in [-0.39, 0.29) is 0 Å². The van der Waals surface area contributed by atoms with E-state index in [4.69, 9.17) is 5.11 Å². The molecule has 0 saturated heterocycles. The molecule has 0 aliphatic rings. The third-order valence-corrected chi connectivity index (χ3v) is 2.59. The first-order chi connectivity index (χ1) is 6.91. The molecular weight excluding hydrogens is 196 g/mol. The first kappa shape index (κ1) is 11.7. The lowest BCUT2D eigenvalue weighted by atomic mass is 9.83. The zero-order valence-corrected chi connectivity index (χ0v) is 9.14. The number of aliphatic hydroxyl groups is 1. The molecule has 0 radical (unpaired) electrons. The van der Waals surface area contributed by atoms with E-state index in [1.807, 2.05) is 6.92 Å². The average molecular weight is 212 g/mol. The Kier molecular flexibility index (Phi) is 3.14. The normalized spacial score (nSPS) is 13.9. The van der Waals surface area contributed by atoms with Gasteiger partial charge in [0.2, 0.25) is 0 Å². The molecule has 1 unspecified atom stereocenters. The lowest BCUT2D eigenvalue weighted by Gasteiger charge is -2.28. The summed E-state index contributed by atoms with van der Waals surface area (Å²) in [6, 6.07) is 1.73. The van der Waals surface area contributed by atoms with Crippen LogP contribution in [0.3, 0.4) is 0 Å². The molecule has 1 aromatic rings.